The number of rotatable bonds is 5. The average Bonchev–Trinajstić information content (AvgIpc) is 2.43. The number of hydrogen-bond acceptors (Lipinski definition) is 2. The monoisotopic (exact) mass is 277 g/mol. The van der Waals surface area contributed by atoms with Gasteiger partial charge in [-0.1, -0.05) is 26.0 Å². The minimum absolute atomic E-state index is 0.00144. The Hall–Kier alpha value is -2.04. The van der Waals surface area contributed by atoms with E-state index in [0.717, 1.165) is 11.3 Å². The summed E-state index contributed by atoms with van der Waals surface area (Å²) in [6.07, 6.45) is 0.322. The summed E-state index contributed by atoms with van der Waals surface area (Å²) in [6.45, 7) is 4.79. The summed E-state index contributed by atoms with van der Waals surface area (Å²) in [5.41, 5.74) is 1.65. The summed E-state index contributed by atoms with van der Waals surface area (Å²) in [5.74, 6) is 0.433. The molecule has 2 N–H and O–H groups in total. The molecule has 1 aromatic carbocycles. The zero-order valence-corrected chi connectivity index (χ0v) is 12.6. The normalized spacial score (nSPS) is 10.2. The first-order valence-corrected chi connectivity index (χ1v) is 6.75. The topological polar surface area (TPSA) is 61.4 Å². The molecule has 20 heavy (non-hydrogen) atoms. The van der Waals surface area contributed by atoms with Gasteiger partial charge in [-0.05, 0) is 23.6 Å². The Labute approximate surface area is 120 Å². The van der Waals surface area contributed by atoms with Crippen LogP contribution < -0.4 is 15.5 Å². The van der Waals surface area contributed by atoms with Gasteiger partial charge in [0, 0.05) is 26.3 Å². The van der Waals surface area contributed by atoms with Crippen molar-refractivity contribution in [3.05, 3.63) is 29.8 Å². The fraction of sp³-hybridized carbons (Fsp3) is 0.467. The smallest absolute Gasteiger partial charge is 0.321 e. The highest BCUT2D eigenvalue weighted by Gasteiger charge is 2.10. The molecule has 0 heterocycles. The van der Waals surface area contributed by atoms with Crippen molar-refractivity contribution >= 4 is 17.6 Å². The summed E-state index contributed by atoms with van der Waals surface area (Å²) < 4.78 is 0. The van der Waals surface area contributed by atoms with E-state index in [2.05, 4.69) is 24.5 Å². The Morgan fingerprint density at radius 3 is 2.60 bits per heavy atom. The second-order valence-corrected chi connectivity index (χ2v) is 5.16. The zero-order chi connectivity index (χ0) is 15.1. The molecule has 1 aromatic rings. The zero-order valence-electron chi connectivity index (χ0n) is 12.6. The van der Waals surface area contributed by atoms with E-state index in [0.29, 0.717) is 18.9 Å². The summed E-state index contributed by atoms with van der Waals surface area (Å²) in [7, 11) is 3.28. The second kappa shape index (κ2) is 7.53. The molecule has 0 atom stereocenters. The van der Waals surface area contributed by atoms with Crippen molar-refractivity contribution in [3.63, 3.8) is 0 Å². The molecule has 5 heteroatoms. The van der Waals surface area contributed by atoms with E-state index in [9.17, 15) is 9.59 Å². The van der Waals surface area contributed by atoms with Crippen LogP contribution in [0.5, 0.6) is 0 Å². The van der Waals surface area contributed by atoms with Gasteiger partial charge in [0.2, 0.25) is 5.91 Å². The lowest BCUT2D eigenvalue weighted by Gasteiger charge is -2.17. The molecule has 0 bridgehead atoms. The van der Waals surface area contributed by atoms with Gasteiger partial charge in [0.05, 0.1) is 6.42 Å². The first kappa shape index (κ1) is 16.0. The first-order chi connectivity index (χ1) is 9.43. The van der Waals surface area contributed by atoms with Crippen molar-refractivity contribution in [3.8, 4) is 0 Å². The largest absolute Gasteiger partial charge is 0.356 e. The molecule has 110 valence electrons. The third-order valence-electron chi connectivity index (χ3n) is 2.89. The lowest BCUT2D eigenvalue weighted by atomic mass is 10.1. The van der Waals surface area contributed by atoms with Gasteiger partial charge in [0.15, 0.2) is 0 Å². The Morgan fingerprint density at radius 1 is 1.30 bits per heavy atom. The van der Waals surface area contributed by atoms with Crippen LogP contribution in [-0.4, -0.2) is 32.6 Å². The van der Waals surface area contributed by atoms with Crippen molar-refractivity contribution in [2.24, 2.45) is 5.92 Å². The molecular formula is C15H23N3O2. The van der Waals surface area contributed by atoms with Crippen LogP contribution in [0.25, 0.3) is 0 Å². The van der Waals surface area contributed by atoms with Crippen LogP contribution in [0.15, 0.2) is 24.3 Å². The van der Waals surface area contributed by atoms with Crippen LogP contribution in [0.3, 0.4) is 0 Å². The fourth-order valence-corrected chi connectivity index (χ4v) is 1.73. The minimum atomic E-state index is -0.189. The molecule has 0 aliphatic carbocycles. The van der Waals surface area contributed by atoms with E-state index >= 15 is 0 Å². The highest BCUT2D eigenvalue weighted by Crippen LogP contribution is 2.15. The molecule has 0 aliphatic rings. The number of carbonyl (C=O) groups excluding carboxylic acids is 2. The van der Waals surface area contributed by atoms with E-state index in [1.807, 2.05) is 24.3 Å². The average molecular weight is 277 g/mol. The molecule has 0 saturated carbocycles. The highest BCUT2D eigenvalue weighted by atomic mass is 16.2. The molecule has 3 amide bonds. The molecule has 0 aliphatic heterocycles. The van der Waals surface area contributed by atoms with Crippen molar-refractivity contribution in [1.82, 2.24) is 10.6 Å². The van der Waals surface area contributed by atoms with Gasteiger partial charge in [-0.2, -0.15) is 0 Å². The van der Waals surface area contributed by atoms with Crippen molar-refractivity contribution < 1.29 is 9.59 Å². The van der Waals surface area contributed by atoms with Gasteiger partial charge in [-0.3, -0.25) is 9.69 Å². The summed E-state index contributed by atoms with van der Waals surface area (Å²) >= 11 is 0. The molecular weight excluding hydrogens is 254 g/mol. The lowest BCUT2D eigenvalue weighted by Crippen LogP contribution is -2.34. The molecule has 0 radical (unpaired) electrons. The molecule has 0 saturated heterocycles. The van der Waals surface area contributed by atoms with E-state index in [4.69, 9.17) is 0 Å². The van der Waals surface area contributed by atoms with Gasteiger partial charge >= 0.3 is 6.03 Å². The molecule has 0 fully saturated rings. The molecule has 0 unspecified atom stereocenters. The van der Waals surface area contributed by atoms with Crippen molar-refractivity contribution in [2.75, 3.05) is 25.5 Å². The number of anilines is 1. The van der Waals surface area contributed by atoms with Crippen LogP contribution in [0.2, 0.25) is 0 Å². The Bertz CT molecular complexity index is 472. The predicted octanol–water partition coefficient (Wildman–Crippen LogP) is 1.78. The molecule has 5 nitrogen and oxygen atoms in total. The Morgan fingerprint density at radius 2 is 2.00 bits per heavy atom. The minimum Gasteiger partial charge on any atom is -0.356 e. The summed E-state index contributed by atoms with van der Waals surface area (Å²) in [6, 6.07) is 7.23. The van der Waals surface area contributed by atoms with Gasteiger partial charge in [0.1, 0.15) is 0 Å². The Balaban J connectivity index is 2.68. The second-order valence-electron chi connectivity index (χ2n) is 5.16. The van der Waals surface area contributed by atoms with Crippen molar-refractivity contribution in [2.45, 2.75) is 20.3 Å². The highest BCUT2D eigenvalue weighted by molar-refractivity contribution is 5.91. The maximum Gasteiger partial charge on any atom is 0.321 e. The molecule has 1 rings (SSSR count). The van der Waals surface area contributed by atoms with Crippen LogP contribution in [0, 0.1) is 5.92 Å². The maximum absolute atomic E-state index is 11.8. The SMILES string of the molecule is CNC(=O)N(C)c1cccc(CC(=O)NCC(C)C)c1. The van der Waals surface area contributed by atoms with Crippen LogP contribution >= 0.6 is 0 Å². The van der Waals surface area contributed by atoms with E-state index in [1.54, 1.807) is 14.1 Å². The predicted molar refractivity (Wildman–Crippen MR) is 80.9 cm³/mol. The standard InChI is InChI=1S/C15H23N3O2/c1-11(2)10-17-14(19)9-12-6-5-7-13(8-12)18(4)15(20)16-3/h5-8,11H,9-10H2,1-4H3,(H,16,20)(H,17,19). The van der Waals surface area contributed by atoms with Crippen LogP contribution in [0.1, 0.15) is 19.4 Å². The van der Waals surface area contributed by atoms with E-state index < -0.39 is 0 Å². The molecule has 0 aromatic heterocycles. The van der Waals surface area contributed by atoms with Gasteiger partial charge in [-0.25, -0.2) is 4.79 Å². The number of nitrogens with one attached hydrogen (secondary N) is 2. The van der Waals surface area contributed by atoms with Gasteiger partial charge in [0.25, 0.3) is 0 Å². The molecule has 0 spiro atoms. The fourth-order valence-electron chi connectivity index (χ4n) is 1.73. The van der Waals surface area contributed by atoms with E-state index in [-0.39, 0.29) is 11.9 Å². The lowest BCUT2D eigenvalue weighted by molar-refractivity contribution is -0.120. The summed E-state index contributed by atoms with van der Waals surface area (Å²) in [4.78, 5) is 24.9. The van der Waals surface area contributed by atoms with Gasteiger partial charge < -0.3 is 10.6 Å². The van der Waals surface area contributed by atoms with E-state index in [1.165, 1.54) is 4.90 Å². The maximum atomic E-state index is 11.8. The number of hydrogen-bond donors (Lipinski definition) is 2. The number of carbonyl (C=O) groups is 2. The quantitative estimate of drug-likeness (QED) is 0.861. The Kier molecular flexibility index (Phi) is 6.03. The third-order valence-corrected chi connectivity index (χ3v) is 2.89. The number of urea groups is 1. The van der Waals surface area contributed by atoms with Crippen LogP contribution in [0.4, 0.5) is 10.5 Å². The van der Waals surface area contributed by atoms with Gasteiger partial charge in [-0.15, -0.1) is 0 Å². The van der Waals surface area contributed by atoms with Crippen molar-refractivity contribution in [1.29, 1.82) is 0 Å². The first-order valence-electron chi connectivity index (χ1n) is 6.75. The van der Waals surface area contributed by atoms with Crippen LogP contribution in [-0.2, 0) is 11.2 Å². The number of amides is 3. The third kappa shape index (κ3) is 4.91. The summed E-state index contributed by atoms with van der Waals surface area (Å²) in [5, 5.41) is 5.45. The number of benzene rings is 1. The number of nitrogens with zero attached hydrogens (tertiary/aromatic N) is 1.